The number of fused-ring (bicyclic) bond motifs is 1. The number of amides is 1. The van der Waals surface area contributed by atoms with E-state index in [1.54, 1.807) is 25.5 Å². The maximum absolute atomic E-state index is 11.9. The smallest absolute Gasteiger partial charge is 0.339 e. The summed E-state index contributed by atoms with van der Waals surface area (Å²) in [5.74, 6) is 0.305. The normalized spacial score (nSPS) is 10.9. The molecule has 1 aromatic carbocycles. The molecule has 136 valence electrons. The van der Waals surface area contributed by atoms with Crippen LogP contribution in [0.1, 0.15) is 16.7 Å². The van der Waals surface area contributed by atoms with Crippen molar-refractivity contribution in [3.8, 4) is 5.75 Å². The van der Waals surface area contributed by atoms with E-state index in [9.17, 15) is 9.59 Å². The number of carbonyl (C=O) groups is 1. The van der Waals surface area contributed by atoms with Crippen LogP contribution in [0.3, 0.4) is 0 Å². The molecule has 2 heterocycles. The maximum atomic E-state index is 11.9. The summed E-state index contributed by atoms with van der Waals surface area (Å²) in [5, 5.41) is 3.66. The van der Waals surface area contributed by atoms with Gasteiger partial charge in [0.25, 0.3) is 5.91 Å². The highest BCUT2D eigenvalue weighted by atomic mass is 16.5. The van der Waals surface area contributed by atoms with E-state index in [2.05, 4.69) is 10.3 Å². The van der Waals surface area contributed by atoms with Crippen LogP contribution >= 0.6 is 0 Å². The molecule has 0 atom stereocenters. The average Bonchev–Trinajstić information content (AvgIpc) is 3.13. The van der Waals surface area contributed by atoms with Gasteiger partial charge in [-0.3, -0.25) is 4.79 Å². The predicted molar refractivity (Wildman–Crippen MR) is 97.4 cm³/mol. The molecule has 0 aliphatic carbocycles. The largest absolute Gasteiger partial charge is 0.483 e. The third kappa shape index (κ3) is 3.61. The van der Waals surface area contributed by atoms with Crippen molar-refractivity contribution in [3.05, 3.63) is 58.0 Å². The zero-order chi connectivity index (χ0) is 18.7. The second-order valence-electron chi connectivity index (χ2n) is 6.14. The van der Waals surface area contributed by atoms with E-state index in [0.29, 0.717) is 35.5 Å². The molecule has 7 heteroatoms. The summed E-state index contributed by atoms with van der Waals surface area (Å²) >= 11 is 0. The van der Waals surface area contributed by atoms with Crippen molar-refractivity contribution in [1.82, 2.24) is 14.9 Å². The lowest BCUT2D eigenvalue weighted by Gasteiger charge is -2.12. The standard InChI is InChI=1S/C19H21N3O4/c1-12-13(2)19(24)26-18-14(3)16(5-4-15(12)18)25-10-17(23)21-7-9-22-8-6-20-11-22/h4-6,8,11H,7,9-10H2,1-3H3,(H,21,23). The van der Waals surface area contributed by atoms with E-state index >= 15 is 0 Å². The van der Waals surface area contributed by atoms with Crippen molar-refractivity contribution in [1.29, 1.82) is 0 Å². The first-order valence-electron chi connectivity index (χ1n) is 8.36. The van der Waals surface area contributed by atoms with Crippen molar-refractivity contribution in [2.45, 2.75) is 27.3 Å². The van der Waals surface area contributed by atoms with Crippen molar-refractivity contribution in [2.75, 3.05) is 13.2 Å². The highest BCUT2D eigenvalue weighted by Crippen LogP contribution is 2.29. The van der Waals surface area contributed by atoms with Crippen LogP contribution in [0.15, 0.2) is 40.1 Å². The highest BCUT2D eigenvalue weighted by molar-refractivity contribution is 5.85. The summed E-state index contributed by atoms with van der Waals surface area (Å²) in [7, 11) is 0. The van der Waals surface area contributed by atoms with Gasteiger partial charge in [-0.2, -0.15) is 0 Å². The number of nitrogens with one attached hydrogen (secondary N) is 1. The number of aromatic nitrogens is 2. The molecule has 7 nitrogen and oxygen atoms in total. The Bertz CT molecular complexity index is 990. The molecular formula is C19H21N3O4. The summed E-state index contributed by atoms with van der Waals surface area (Å²) in [5.41, 5.74) is 2.34. The molecule has 0 saturated carbocycles. The topological polar surface area (TPSA) is 86.4 Å². The first kappa shape index (κ1) is 17.7. The van der Waals surface area contributed by atoms with Gasteiger partial charge in [0.2, 0.25) is 0 Å². The van der Waals surface area contributed by atoms with Crippen molar-refractivity contribution in [2.24, 2.45) is 0 Å². The Kier molecular flexibility index (Phi) is 5.06. The van der Waals surface area contributed by atoms with Crippen LogP contribution < -0.4 is 15.7 Å². The summed E-state index contributed by atoms with van der Waals surface area (Å²) in [6, 6.07) is 3.64. The second-order valence-corrected chi connectivity index (χ2v) is 6.14. The van der Waals surface area contributed by atoms with Crippen molar-refractivity contribution >= 4 is 16.9 Å². The summed E-state index contributed by atoms with van der Waals surface area (Å²) in [6.45, 7) is 6.47. The molecule has 0 spiro atoms. The number of benzene rings is 1. The zero-order valence-electron chi connectivity index (χ0n) is 15.0. The van der Waals surface area contributed by atoms with Crippen molar-refractivity contribution < 1.29 is 13.9 Å². The molecule has 0 bridgehead atoms. The summed E-state index contributed by atoms with van der Waals surface area (Å²) in [6.07, 6.45) is 5.21. The maximum Gasteiger partial charge on any atom is 0.339 e. The van der Waals surface area contributed by atoms with Gasteiger partial charge in [0.05, 0.1) is 6.33 Å². The van der Waals surface area contributed by atoms with Crippen LogP contribution in [0, 0.1) is 20.8 Å². The fourth-order valence-electron chi connectivity index (χ4n) is 2.72. The first-order valence-corrected chi connectivity index (χ1v) is 8.36. The number of imidazole rings is 1. The molecule has 0 saturated heterocycles. The third-order valence-electron chi connectivity index (χ3n) is 4.43. The lowest BCUT2D eigenvalue weighted by molar-refractivity contribution is -0.123. The Labute approximate surface area is 150 Å². The van der Waals surface area contributed by atoms with Crippen LogP contribution in [0.4, 0.5) is 0 Å². The molecule has 26 heavy (non-hydrogen) atoms. The monoisotopic (exact) mass is 355 g/mol. The summed E-state index contributed by atoms with van der Waals surface area (Å²) in [4.78, 5) is 27.8. The van der Waals surface area contributed by atoms with Gasteiger partial charge in [0.1, 0.15) is 11.3 Å². The Morgan fingerprint density at radius 2 is 2.04 bits per heavy atom. The van der Waals surface area contributed by atoms with Gasteiger partial charge in [0, 0.05) is 42.0 Å². The molecule has 1 amide bonds. The number of carbonyl (C=O) groups excluding carboxylic acids is 1. The van der Waals surface area contributed by atoms with Crippen molar-refractivity contribution in [3.63, 3.8) is 0 Å². The minimum Gasteiger partial charge on any atom is -0.483 e. The van der Waals surface area contributed by atoms with E-state index < -0.39 is 0 Å². The van der Waals surface area contributed by atoms with Crippen LogP contribution in [-0.4, -0.2) is 28.6 Å². The third-order valence-corrected chi connectivity index (χ3v) is 4.43. The Morgan fingerprint density at radius 3 is 2.77 bits per heavy atom. The van der Waals surface area contributed by atoms with E-state index in [4.69, 9.17) is 9.15 Å². The number of nitrogens with zero attached hydrogens (tertiary/aromatic N) is 2. The SMILES string of the molecule is Cc1c(C)c2ccc(OCC(=O)NCCn3ccnc3)c(C)c2oc1=O. The molecule has 0 unspecified atom stereocenters. The van der Waals surface area contributed by atoms with Gasteiger partial charge in [-0.25, -0.2) is 9.78 Å². The van der Waals surface area contributed by atoms with E-state index in [1.807, 2.05) is 30.7 Å². The molecule has 0 aliphatic rings. The van der Waals surface area contributed by atoms with Gasteiger partial charge in [-0.15, -0.1) is 0 Å². The Balaban J connectivity index is 1.65. The van der Waals surface area contributed by atoms with Gasteiger partial charge >= 0.3 is 5.63 Å². The lowest BCUT2D eigenvalue weighted by Crippen LogP contribution is -2.31. The van der Waals surface area contributed by atoms with Gasteiger partial charge in [-0.1, -0.05) is 0 Å². The van der Waals surface area contributed by atoms with Crippen LogP contribution in [-0.2, 0) is 11.3 Å². The fraction of sp³-hybridized carbons (Fsp3) is 0.316. The molecule has 0 radical (unpaired) electrons. The molecule has 3 rings (SSSR count). The van der Waals surface area contributed by atoms with Gasteiger partial charge < -0.3 is 19.0 Å². The van der Waals surface area contributed by atoms with Gasteiger partial charge in [0.15, 0.2) is 6.61 Å². The average molecular weight is 355 g/mol. The number of aryl methyl sites for hydroxylation is 2. The first-order chi connectivity index (χ1) is 12.5. The van der Waals surface area contributed by atoms with E-state index in [1.165, 1.54) is 0 Å². The van der Waals surface area contributed by atoms with Crippen LogP contribution in [0.25, 0.3) is 11.0 Å². The van der Waals surface area contributed by atoms with E-state index in [0.717, 1.165) is 10.9 Å². The number of hydrogen-bond acceptors (Lipinski definition) is 5. The Hall–Kier alpha value is -3.09. The molecule has 2 aromatic heterocycles. The number of hydrogen-bond donors (Lipinski definition) is 1. The highest BCUT2D eigenvalue weighted by Gasteiger charge is 2.13. The minimum absolute atomic E-state index is 0.106. The van der Waals surface area contributed by atoms with Crippen LogP contribution in [0.5, 0.6) is 5.75 Å². The van der Waals surface area contributed by atoms with Gasteiger partial charge in [-0.05, 0) is 38.5 Å². The molecule has 3 aromatic rings. The van der Waals surface area contributed by atoms with Crippen LogP contribution in [0.2, 0.25) is 0 Å². The molecule has 0 fully saturated rings. The zero-order valence-corrected chi connectivity index (χ0v) is 15.0. The number of ether oxygens (including phenoxy) is 1. The molecule has 1 N–H and O–H groups in total. The quantitative estimate of drug-likeness (QED) is 0.685. The predicted octanol–water partition coefficient (Wildman–Crippen LogP) is 2.11. The summed E-state index contributed by atoms with van der Waals surface area (Å²) < 4.78 is 12.9. The lowest BCUT2D eigenvalue weighted by atomic mass is 10.0. The fourth-order valence-corrected chi connectivity index (χ4v) is 2.72. The second kappa shape index (κ2) is 7.43. The Morgan fingerprint density at radius 1 is 1.23 bits per heavy atom. The minimum atomic E-state index is -0.354. The number of rotatable bonds is 6. The molecular weight excluding hydrogens is 334 g/mol. The van der Waals surface area contributed by atoms with E-state index in [-0.39, 0.29) is 18.1 Å². The molecule has 0 aliphatic heterocycles.